The summed E-state index contributed by atoms with van der Waals surface area (Å²) in [4.78, 5) is 0. The van der Waals surface area contributed by atoms with Crippen molar-refractivity contribution >= 4 is 23.2 Å². The fraction of sp³-hybridized carbons (Fsp3) is 0.250. The first-order valence-corrected chi connectivity index (χ1v) is 7.31. The Kier molecular flexibility index (Phi) is 5.34. The first-order chi connectivity index (χ1) is 10.0. The molecule has 0 aliphatic rings. The summed E-state index contributed by atoms with van der Waals surface area (Å²) in [6.07, 6.45) is 0. The van der Waals surface area contributed by atoms with Crippen molar-refractivity contribution in [2.24, 2.45) is 0 Å². The lowest BCUT2D eigenvalue weighted by atomic mass is 10.1. The number of benzene rings is 2. The molecule has 0 fully saturated rings. The van der Waals surface area contributed by atoms with Crippen molar-refractivity contribution in [1.29, 1.82) is 0 Å². The van der Waals surface area contributed by atoms with Crippen LogP contribution in [0.4, 0.5) is 0 Å². The number of hydrogen-bond acceptors (Lipinski definition) is 3. The number of methoxy groups -OCH3 is 1. The normalized spacial score (nSPS) is 12.2. The third-order valence-corrected chi connectivity index (χ3v) is 3.89. The van der Waals surface area contributed by atoms with Crippen LogP contribution in [0.25, 0.3) is 0 Å². The number of rotatable bonds is 5. The molecule has 0 amide bonds. The van der Waals surface area contributed by atoms with E-state index in [1.54, 1.807) is 12.1 Å². The molecule has 112 valence electrons. The fourth-order valence-corrected chi connectivity index (χ4v) is 2.67. The van der Waals surface area contributed by atoms with Crippen molar-refractivity contribution < 1.29 is 9.84 Å². The van der Waals surface area contributed by atoms with Gasteiger partial charge in [0.25, 0.3) is 0 Å². The summed E-state index contributed by atoms with van der Waals surface area (Å²) in [7, 11) is 1.53. The molecule has 0 bridgehead atoms. The minimum Gasteiger partial charge on any atom is -0.504 e. The van der Waals surface area contributed by atoms with Crippen LogP contribution in [-0.4, -0.2) is 12.2 Å². The van der Waals surface area contributed by atoms with E-state index in [2.05, 4.69) is 5.32 Å². The fourth-order valence-electron chi connectivity index (χ4n) is 2.10. The molecular formula is C16H17Cl2NO2. The highest BCUT2D eigenvalue weighted by atomic mass is 35.5. The molecule has 1 atom stereocenters. The Morgan fingerprint density at radius 3 is 2.67 bits per heavy atom. The number of phenols is 1. The summed E-state index contributed by atoms with van der Waals surface area (Å²) in [5.41, 5.74) is 1.73. The molecule has 5 heteroatoms. The molecule has 0 spiro atoms. The van der Waals surface area contributed by atoms with E-state index in [0.717, 1.165) is 11.1 Å². The van der Waals surface area contributed by atoms with E-state index in [-0.39, 0.29) is 11.8 Å². The number of hydrogen-bond donors (Lipinski definition) is 2. The van der Waals surface area contributed by atoms with Gasteiger partial charge in [-0.25, -0.2) is 0 Å². The maximum absolute atomic E-state index is 10.1. The van der Waals surface area contributed by atoms with E-state index in [9.17, 15) is 5.11 Å². The van der Waals surface area contributed by atoms with Crippen molar-refractivity contribution in [3.8, 4) is 11.5 Å². The Hall–Kier alpha value is -1.42. The van der Waals surface area contributed by atoms with Gasteiger partial charge in [0.05, 0.1) is 7.11 Å². The summed E-state index contributed by atoms with van der Waals surface area (Å²) < 4.78 is 5.10. The number of halogens is 2. The highest BCUT2D eigenvalue weighted by Crippen LogP contribution is 2.30. The topological polar surface area (TPSA) is 41.5 Å². The molecule has 2 aromatic carbocycles. The SMILES string of the molecule is COc1cccc(CNC(C)c2ccc(Cl)cc2Cl)c1O. The van der Waals surface area contributed by atoms with Crippen LogP contribution in [0, 0.1) is 0 Å². The zero-order valence-electron chi connectivity index (χ0n) is 11.9. The third-order valence-electron chi connectivity index (χ3n) is 3.33. The minimum absolute atomic E-state index is 0.0281. The monoisotopic (exact) mass is 325 g/mol. The van der Waals surface area contributed by atoms with Gasteiger partial charge in [0.15, 0.2) is 11.5 Å². The number of ether oxygens (including phenoxy) is 1. The summed E-state index contributed by atoms with van der Waals surface area (Å²) in [6, 6.07) is 10.9. The molecule has 0 heterocycles. The van der Waals surface area contributed by atoms with E-state index in [1.807, 2.05) is 31.2 Å². The summed E-state index contributed by atoms with van der Waals surface area (Å²) in [5, 5.41) is 14.6. The molecule has 0 saturated carbocycles. The quantitative estimate of drug-likeness (QED) is 0.846. The molecule has 0 aromatic heterocycles. The predicted octanol–water partition coefficient (Wildman–Crippen LogP) is 4.56. The van der Waals surface area contributed by atoms with E-state index < -0.39 is 0 Å². The molecule has 0 saturated heterocycles. The molecule has 2 rings (SSSR count). The van der Waals surface area contributed by atoms with Gasteiger partial charge in [0, 0.05) is 28.2 Å². The Morgan fingerprint density at radius 2 is 2.00 bits per heavy atom. The van der Waals surface area contributed by atoms with Gasteiger partial charge in [-0.2, -0.15) is 0 Å². The van der Waals surface area contributed by atoms with Crippen molar-refractivity contribution in [3.63, 3.8) is 0 Å². The van der Waals surface area contributed by atoms with Crippen LogP contribution in [-0.2, 0) is 6.54 Å². The summed E-state index contributed by atoms with van der Waals surface area (Å²) in [5.74, 6) is 0.619. The molecule has 2 aromatic rings. The van der Waals surface area contributed by atoms with Gasteiger partial charge in [-0.05, 0) is 30.7 Å². The van der Waals surface area contributed by atoms with Crippen molar-refractivity contribution in [3.05, 3.63) is 57.6 Å². The van der Waals surface area contributed by atoms with Crippen LogP contribution in [0.5, 0.6) is 11.5 Å². The van der Waals surface area contributed by atoms with Crippen LogP contribution in [0.3, 0.4) is 0 Å². The van der Waals surface area contributed by atoms with Gasteiger partial charge >= 0.3 is 0 Å². The molecule has 1 unspecified atom stereocenters. The number of phenolic OH excluding ortho intramolecular Hbond substituents is 1. The van der Waals surface area contributed by atoms with Crippen molar-refractivity contribution in [1.82, 2.24) is 5.32 Å². The first-order valence-electron chi connectivity index (χ1n) is 6.56. The van der Waals surface area contributed by atoms with E-state index >= 15 is 0 Å². The zero-order chi connectivity index (χ0) is 15.4. The van der Waals surface area contributed by atoms with Gasteiger partial charge in [-0.3, -0.25) is 0 Å². The van der Waals surface area contributed by atoms with Gasteiger partial charge in [-0.1, -0.05) is 41.4 Å². The maximum Gasteiger partial charge on any atom is 0.162 e. The molecule has 21 heavy (non-hydrogen) atoms. The van der Waals surface area contributed by atoms with Crippen molar-refractivity contribution in [2.45, 2.75) is 19.5 Å². The average Bonchev–Trinajstić information content (AvgIpc) is 2.46. The second-order valence-electron chi connectivity index (χ2n) is 4.74. The Balaban J connectivity index is 2.09. The average molecular weight is 326 g/mol. The Morgan fingerprint density at radius 1 is 1.24 bits per heavy atom. The van der Waals surface area contributed by atoms with E-state index in [1.165, 1.54) is 7.11 Å². The minimum atomic E-state index is 0.0281. The summed E-state index contributed by atoms with van der Waals surface area (Å²) in [6.45, 7) is 2.51. The molecule has 3 nitrogen and oxygen atoms in total. The van der Waals surface area contributed by atoms with Crippen LogP contribution < -0.4 is 10.1 Å². The standard InChI is InChI=1S/C16H17Cl2NO2/c1-10(13-7-6-12(17)8-14(13)18)19-9-11-4-3-5-15(21-2)16(11)20/h3-8,10,19-20H,9H2,1-2H3. The van der Waals surface area contributed by atoms with Gasteiger partial charge < -0.3 is 15.2 Å². The van der Waals surface area contributed by atoms with E-state index in [0.29, 0.717) is 22.3 Å². The highest BCUT2D eigenvalue weighted by molar-refractivity contribution is 6.35. The number of aromatic hydroxyl groups is 1. The van der Waals surface area contributed by atoms with Crippen LogP contribution in [0.1, 0.15) is 24.1 Å². The lowest BCUT2D eigenvalue weighted by Gasteiger charge is -2.17. The maximum atomic E-state index is 10.1. The second-order valence-corrected chi connectivity index (χ2v) is 5.58. The largest absolute Gasteiger partial charge is 0.504 e. The second kappa shape index (κ2) is 7.03. The van der Waals surface area contributed by atoms with Crippen LogP contribution in [0.2, 0.25) is 10.0 Å². The summed E-state index contributed by atoms with van der Waals surface area (Å²) >= 11 is 12.1. The van der Waals surface area contributed by atoms with Crippen molar-refractivity contribution in [2.75, 3.05) is 7.11 Å². The lowest BCUT2D eigenvalue weighted by Crippen LogP contribution is -2.18. The molecule has 2 N–H and O–H groups in total. The van der Waals surface area contributed by atoms with E-state index in [4.69, 9.17) is 27.9 Å². The van der Waals surface area contributed by atoms with Gasteiger partial charge in [0.2, 0.25) is 0 Å². The molecule has 0 radical (unpaired) electrons. The first kappa shape index (κ1) is 16.0. The zero-order valence-corrected chi connectivity index (χ0v) is 13.4. The van der Waals surface area contributed by atoms with Gasteiger partial charge in [0.1, 0.15) is 0 Å². The van der Waals surface area contributed by atoms with Crippen LogP contribution in [0.15, 0.2) is 36.4 Å². The Bertz CT molecular complexity index is 632. The molecule has 0 aliphatic heterocycles. The number of para-hydroxylation sites is 1. The van der Waals surface area contributed by atoms with Crippen LogP contribution >= 0.6 is 23.2 Å². The highest BCUT2D eigenvalue weighted by Gasteiger charge is 2.12. The molecular weight excluding hydrogens is 309 g/mol. The third kappa shape index (κ3) is 3.82. The smallest absolute Gasteiger partial charge is 0.162 e. The van der Waals surface area contributed by atoms with Gasteiger partial charge in [-0.15, -0.1) is 0 Å². The lowest BCUT2D eigenvalue weighted by molar-refractivity contribution is 0.369. The number of nitrogens with one attached hydrogen (secondary N) is 1. The Labute approximate surface area is 134 Å². The predicted molar refractivity (Wildman–Crippen MR) is 86.4 cm³/mol. The molecule has 0 aliphatic carbocycles.